The number of anilines is 3. The van der Waals surface area contributed by atoms with Crippen molar-refractivity contribution in [2.75, 3.05) is 142 Å². The second-order valence-corrected chi connectivity index (χ2v) is 21.5. The molecule has 0 atom stereocenters. The molecule has 3 aromatic rings. The van der Waals surface area contributed by atoms with E-state index in [9.17, 15) is 34.6 Å². The lowest BCUT2D eigenvalue weighted by Gasteiger charge is -2.36. The van der Waals surface area contributed by atoms with Gasteiger partial charge >= 0.3 is 18.5 Å². The van der Waals surface area contributed by atoms with Gasteiger partial charge in [-0.25, -0.2) is 14.4 Å². The maximum atomic E-state index is 11.7. The van der Waals surface area contributed by atoms with E-state index in [1.54, 1.807) is 26.0 Å². The Balaban J connectivity index is 0.000000210. The van der Waals surface area contributed by atoms with Crippen molar-refractivity contribution >= 4 is 46.9 Å². The van der Waals surface area contributed by atoms with Crippen LogP contribution >= 0.6 is 0 Å². The fraction of sp³-hybridized carbons (Fsp3) is 0.650. The molecule has 3 saturated carbocycles. The number of hydrogen-bond donors (Lipinski definition) is 3. The van der Waals surface area contributed by atoms with E-state index in [1.807, 2.05) is 6.07 Å². The Labute approximate surface area is 490 Å². The van der Waals surface area contributed by atoms with Crippen LogP contribution in [0.2, 0.25) is 0 Å². The first-order valence-corrected chi connectivity index (χ1v) is 29.8. The predicted molar refractivity (Wildman–Crippen MR) is 321 cm³/mol. The van der Waals surface area contributed by atoms with Gasteiger partial charge in [0.2, 0.25) is 0 Å². The number of nitro benzene ring substituents is 2. The molecule has 9 rings (SSSR count). The van der Waals surface area contributed by atoms with E-state index in [2.05, 4.69) is 70.9 Å². The van der Waals surface area contributed by atoms with E-state index in [4.69, 9.17) is 25.1 Å². The SMILES string of the molecule is CCN1CCN(c2cc(C3CCCC3)c(OC(=O)OC)cc2N)CC1.CCN1CCN(c2cc(C3CCCC3)c(OC(=O)OC)cc2[N+](=O)[O-])CC1.CCN1CCNCC1.CCO.COC(=O)Oc1cc([N+](=O)[O-])c(C)cc1C1CCCC1. The van der Waals surface area contributed by atoms with E-state index in [0.29, 0.717) is 28.6 Å². The molecule has 23 nitrogen and oxygen atoms in total. The van der Waals surface area contributed by atoms with Crippen LogP contribution in [0.1, 0.15) is 145 Å². The number of nitrogen functional groups attached to an aromatic ring is 1. The third-order valence-corrected chi connectivity index (χ3v) is 16.4. The van der Waals surface area contributed by atoms with Crippen LogP contribution in [-0.2, 0) is 14.2 Å². The highest BCUT2D eigenvalue weighted by atomic mass is 16.7. The number of rotatable bonds is 13. The highest BCUT2D eigenvalue weighted by molar-refractivity contribution is 5.75. The summed E-state index contributed by atoms with van der Waals surface area (Å²) in [4.78, 5) is 68.1. The smallest absolute Gasteiger partial charge is 0.437 e. The molecule has 0 spiro atoms. The predicted octanol–water partition coefficient (Wildman–Crippen LogP) is 10.4. The topological polar surface area (TPSA) is 267 Å². The molecule has 4 N–H and O–H groups in total. The van der Waals surface area contributed by atoms with Crippen molar-refractivity contribution in [1.82, 2.24) is 20.0 Å². The van der Waals surface area contributed by atoms with Crippen molar-refractivity contribution in [1.29, 1.82) is 0 Å². The van der Waals surface area contributed by atoms with Crippen LogP contribution in [0.15, 0.2) is 36.4 Å². The van der Waals surface area contributed by atoms with Crippen LogP contribution < -0.4 is 35.1 Å². The summed E-state index contributed by atoms with van der Waals surface area (Å²) in [7, 11) is 3.76. The van der Waals surface area contributed by atoms with Crippen molar-refractivity contribution in [2.45, 2.75) is 129 Å². The molecule has 0 unspecified atom stereocenters. The molecule has 0 aromatic heterocycles. The van der Waals surface area contributed by atoms with Gasteiger partial charge in [-0.2, -0.15) is 0 Å². The summed E-state index contributed by atoms with van der Waals surface area (Å²) in [5.41, 5.74) is 12.0. The second-order valence-electron chi connectivity index (χ2n) is 21.5. The summed E-state index contributed by atoms with van der Waals surface area (Å²) in [5, 5.41) is 33.6. The fourth-order valence-corrected chi connectivity index (χ4v) is 11.7. The Bertz CT molecular complexity index is 2530. The number of nitro groups is 2. The number of ether oxygens (including phenoxy) is 6. The lowest BCUT2D eigenvalue weighted by atomic mass is 9.94. The number of nitrogens with zero attached hydrogens (tertiary/aromatic N) is 7. The molecule has 23 heteroatoms. The number of likely N-dealkylation sites (N-methyl/N-ethyl adjacent to an activating group) is 3. The summed E-state index contributed by atoms with van der Waals surface area (Å²) in [6.45, 7) is 25.5. The number of aryl methyl sites for hydroxylation is 1. The number of hydrogen-bond acceptors (Lipinski definition) is 21. The Kier molecular flexibility index (Phi) is 28.3. The quantitative estimate of drug-likeness (QED) is 0.0358. The average molecular weight is 1160 g/mol. The minimum Gasteiger partial charge on any atom is -0.437 e. The van der Waals surface area contributed by atoms with Gasteiger partial charge in [-0.3, -0.25) is 20.2 Å². The number of carbonyl (C=O) groups excluding carboxylic acids is 3. The first-order valence-electron chi connectivity index (χ1n) is 29.8. The summed E-state index contributed by atoms with van der Waals surface area (Å²) in [6.07, 6.45) is 10.8. The molecule has 0 radical (unpaired) electrons. The van der Waals surface area contributed by atoms with Gasteiger partial charge in [-0.05, 0) is 114 Å². The van der Waals surface area contributed by atoms with Crippen LogP contribution in [-0.4, -0.2) is 174 Å². The number of methoxy groups -OCH3 is 3. The Morgan fingerprint density at radius 3 is 1.20 bits per heavy atom. The summed E-state index contributed by atoms with van der Waals surface area (Å²) >= 11 is 0. The summed E-state index contributed by atoms with van der Waals surface area (Å²) in [5.74, 6) is 2.00. The van der Waals surface area contributed by atoms with Crippen molar-refractivity contribution in [3.63, 3.8) is 0 Å². The molecule has 3 aromatic carbocycles. The zero-order chi connectivity index (χ0) is 60.4. The fourth-order valence-electron chi connectivity index (χ4n) is 11.7. The first kappa shape index (κ1) is 67.3. The van der Waals surface area contributed by atoms with Gasteiger partial charge in [-0.1, -0.05) is 59.3 Å². The third kappa shape index (κ3) is 20.1. The Hall–Kier alpha value is -6.53. The minimum atomic E-state index is -0.859. The summed E-state index contributed by atoms with van der Waals surface area (Å²) < 4.78 is 29.5. The molecule has 6 aliphatic rings. The van der Waals surface area contributed by atoms with Crippen LogP contribution in [0.5, 0.6) is 17.2 Å². The number of aliphatic hydroxyl groups is 1. The normalized spacial score (nSPS) is 17.9. The third-order valence-electron chi connectivity index (χ3n) is 16.4. The number of nitrogens with two attached hydrogens (primary N) is 1. The summed E-state index contributed by atoms with van der Waals surface area (Å²) in [6, 6.07) is 10.3. The molecule has 83 heavy (non-hydrogen) atoms. The molecule has 3 aliphatic heterocycles. The minimum absolute atomic E-state index is 0.0272. The van der Waals surface area contributed by atoms with E-state index < -0.39 is 28.3 Å². The van der Waals surface area contributed by atoms with Gasteiger partial charge < -0.3 is 69.1 Å². The Morgan fingerprint density at radius 1 is 0.530 bits per heavy atom. The molecule has 462 valence electrons. The van der Waals surface area contributed by atoms with Crippen molar-refractivity contribution in [3.8, 4) is 17.2 Å². The molecule has 6 fully saturated rings. The van der Waals surface area contributed by atoms with Crippen molar-refractivity contribution < 1.29 is 57.8 Å². The van der Waals surface area contributed by atoms with Gasteiger partial charge in [0.05, 0.1) is 54.7 Å². The number of nitrogens with one attached hydrogen (secondary N) is 1. The van der Waals surface area contributed by atoms with E-state index in [0.717, 1.165) is 152 Å². The van der Waals surface area contributed by atoms with Crippen molar-refractivity contribution in [3.05, 3.63) is 78.9 Å². The number of carbonyl (C=O) groups is 3. The molecule has 3 aliphatic carbocycles. The standard InChI is InChI=1S/C19H27N3O5.C19H29N3O3.C14H17NO5.C6H14N2.C2H6O/c1-3-20-8-10-21(11-9-20)16-12-15(14-6-4-5-7-14)18(27-19(23)26-2)13-17(16)22(24)25;1-3-21-8-10-22(11-9-21)17-12-15(14-6-4-5-7-14)18(13-16(17)20)25-19(23)24-2;1-9-7-11(10-5-3-4-6-10)13(20-14(16)19-2)8-12(9)15(17)18;1-2-8-5-3-7-4-6-8;1-2-3/h12-14H,3-11H2,1-2H3;12-14H,3-11,20H2,1-2H3;7-8,10H,3-6H2,1-2H3;7H,2-6H2,1H3;3H,2H2,1H3. The Morgan fingerprint density at radius 2 is 0.855 bits per heavy atom. The monoisotopic (exact) mass is 1160 g/mol. The maximum Gasteiger partial charge on any atom is 0.513 e. The van der Waals surface area contributed by atoms with Crippen molar-refractivity contribution in [2.24, 2.45) is 0 Å². The van der Waals surface area contributed by atoms with E-state index in [-0.39, 0.29) is 41.3 Å². The molecule has 3 heterocycles. The molecule has 0 amide bonds. The van der Waals surface area contributed by atoms with Gasteiger partial charge in [0, 0.05) is 108 Å². The second kappa shape index (κ2) is 34.9. The lowest BCUT2D eigenvalue weighted by molar-refractivity contribution is -0.385. The van der Waals surface area contributed by atoms with Gasteiger partial charge in [0.15, 0.2) is 0 Å². The average Bonchev–Trinajstić information content (AvgIpc) is 4.54. The molecular weight excluding hydrogens is 1070 g/mol. The molecular formula is C60H93N9O14. The lowest BCUT2D eigenvalue weighted by Crippen LogP contribution is -2.46. The largest absolute Gasteiger partial charge is 0.513 e. The molecule has 3 saturated heterocycles. The number of aliphatic hydroxyl groups excluding tert-OH is 1. The van der Waals surface area contributed by atoms with Gasteiger partial charge in [-0.15, -0.1) is 0 Å². The number of benzene rings is 3. The van der Waals surface area contributed by atoms with Gasteiger partial charge in [0.25, 0.3) is 11.4 Å². The first-order chi connectivity index (χ1) is 40.0. The van der Waals surface area contributed by atoms with Crippen LogP contribution in [0.3, 0.4) is 0 Å². The van der Waals surface area contributed by atoms with E-state index in [1.165, 1.54) is 79.0 Å². The zero-order valence-electron chi connectivity index (χ0n) is 50.5. The number of piperazine rings is 3. The highest BCUT2D eigenvalue weighted by Crippen LogP contribution is 2.46. The van der Waals surface area contributed by atoms with Crippen LogP contribution in [0, 0.1) is 27.2 Å². The highest BCUT2D eigenvalue weighted by Gasteiger charge is 2.32. The zero-order valence-corrected chi connectivity index (χ0v) is 50.5. The van der Waals surface area contributed by atoms with E-state index >= 15 is 0 Å². The molecule has 0 bridgehead atoms. The maximum absolute atomic E-state index is 11.7. The van der Waals surface area contributed by atoms with Gasteiger partial charge in [0.1, 0.15) is 22.9 Å². The van der Waals surface area contributed by atoms with Crippen LogP contribution in [0.25, 0.3) is 0 Å². The van der Waals surface area contributed by atoms with Crippen LogP contribution in [0.4, 0.5) is 42.8 Å².